The number of carbonyl (C=O) groups excluding carboxylic acids is 2. The number of hydrogen-bond acceptors (Lipinski definition) is 16. The molecule has 0 bridgehead atoms. The molecule has 4 aliphatic carbocycles. The lowest BCUT2D eigenvalue weighted by Gasteiger charge is -2.28. The molecule has 4 saturated carbocycles. The van der Waals surface area contributed by atoms with Gasteiger partial charge in [0.15, 0.2) is 0 Å². The first-order valence-corrected chi connectivity index (χ1v) is 23.2. The Kier molecular flexibility index (Phi) is 9.31. The molecule has 0 radical (unpaired) electrons. The van der Waals surface area contributed by atoms with Crippen molar-refractivity contribution in [3.63, 3.8) is 0 Å². The van der Waals surface area contributed by atoms with E-state index in [4.69, 9.17) is 60.3 Å². The van der Waals surface area contributed by atoms with E-state index in [-0.39, 0.29) is 41.9 Å². The van der Waals surface area contributed by atoms with Gasteiger partial charge < -0.3 is 41.0 Å². The highest BCUT2D eigenvalue weighted by molar-refractivity contribution is 5.95. The molecule has 338 valence electrons. The molecule has 4 unspecified atom stereocenters. The predicted molar refractivity (Wildman–Crippen MR) is 245 cm³/mol. The first-order valence-electron chi connectivity index (χ1n) is 23.2. The van der Waals surface area contributed by atoms with Crippen LogP contribution in [0.4, 0.5) is 23.3 Å². The molecule has 8 heterocycles. The molecule has 6 aromatic heterocycles. The zero-order valence-corrected chi connectivity index (χ0v) is 37.3. The van der Waals surface area contributed by atoms with Crippen molar-refractivity contribution in [1.29, 1.82) is 0 Å². The molecule has 66 heavy (non-hydrogen) atoms. The van der Waals surface area contributed by atoms with Crippen molar-refractivity contribution in [2.75, 3.05) is 23.8 Å². The topological polar surface area (TPSA) is 224 Å². The average molecular weight is 889 g/mol. The van der Waals surface area contributed by atoms with Gasteiger partial charge in [-0.15, -0.1) is 0 Å². The summed E-state index contributed by atoms with van der Waals surface area (Å²) in [7, 11) is 0. The summed E-state index contributed by atoms with van der Waals surface area (Å²) in [5, 5.41) is 10.2. The van der Waals surface area contributed by atoms with Crippen LogP contribution in [-0.2, 0) is 20.6 Å². The molecule has 8 atom stereocenters. The zero-order chi connectivity index (χ0) is 45.2. The van der Waals surface area contributed by atoms with Crippen molar-refractivity contribution in [2.24, 2.45) is 35.1 Å². The molecule has 0 spiro atoms. The molecule has 0 amide bonds. The Hall–Kier alpha value is -6.52. The van der Waals surface area contributed by atoms with Gasteiger partial charge >= 0.3 is 11.9 Å². The number of nitrogens with zero attached hydrogens (tertiary/aromatic N) is 6. The minimum atomic E-state index is -0.720. The van der Waals surface area contributed by atoms with Crippen LogP contribution in [0.2, 0.25) is 0 Å². The number of fused-ring (bicyclic) bond motifs is 4. The van der Waals surface area contributed by atoms with Gasteiger partial charge in [0, 0.05) is 53.6 Å². The number of esters is 2. The number of rotatable bonds is 13. The lowest BCUT2D eigenvalue weighted by atomic mass is 9.85. The summed E-state index contributed by atoms with van der Waals surface area (Å²) in [6.45, 7) is 8.78. The summed E-state index contributed by atoms with van der Waals surface area (Å²) < 4.78 is 23.6. The van der Waals surface area contributed by atoms with Crippen LogP contribution in [0.25, 0.3) is 21.5 Å². The number of ether oxygens (including phenoxy) is 4. The third kappa shape index (κ3) is 7.21. The molecule has 6 aromatic rings. The molecule has 0 saturated heterocycles. The summed E-state index contributed by atoms with van der Waals surface area (Å²) in [5.41, 5.74) is 17.5. The maximum atomic E-state index is 12.4. The normalized spacial score (nSPS) is 26.0. The van der Waals surface area contributed by atoms with Gasteiger partial charge in [-0.25, -0.2) is 39.5 Å². The van der Waals surface area contributed by atoms with Crippen molar-refractivity contribution in [3.05, 3.63) is 94.8 Å². The van der Waals surface area contributed by atoms with E-state index >= 15 is 0 Å². The van der Waals surface area contributed by atoms with Gasteiger partial charge in [0.1, 0.15) is 35.5 Å². The highest BCUT2D eigenvalue weighted by Gasteiger charge is 2.60. The quantitative estimate of drug-likeness (QED) is 0.0812. The third-order valence-corrected chi connectivity index (χ3v) is 14.7. The van der Waals surface area contributed by atoms with Crippen LogP contribution in [0.5, 0.6) is 11.8 Å². The van der Waals surface area contributed by atoms with Crippen molar-refractivity contribution in [2.45, 2.75) is 101 Å². The molecule has 16 heteroatoms. The van der Waals surface area contributed by atoms with Gasteiger partial charge in [-0.2, -0.15) is 0 Å². The lowest BCUT2D eigenvalue weighted by molar-refractivity contribution is 0.0436. The maximum Gasteiger partial charge on any atom is 0.340 e. The highest BCUT2D eigenvalue weighted by atomic mass is 16.5. The fourth-order valence-electron chi connectivity index (χ4n) is 10.3. The fourth-order valence-corrected chi connectivity index (χ4v) is 10.3. The molecule has 12 rings (SSSR count). The number of pyridine rings is 6. The van der Waals surface area contributed by atoms with E-state index in [9.17, 15) is 9.59 Å². The van der Waals surface area contributed by atoms with Crippen molar-refractivity contribution >= 4 is 56.8 Å². The number of carbonyl (C=O) groups is 2. The second-order valence-corrected chi connectivity index (χ2v) is 19.9. The van der Waals surface area contributed by atoms with E-state index in [1.54, 1.807) is 30.5 Å². The number of nitrogens with two attached hydrogens (primary N) is 2. The van der Waals surface area contributed by atoms with E-state index in [0.717, 1.165) is 71.2 Å². The Morgan fingerprint density at radius 3 is 1.68 bits per heavy atom. The first-order chi connectivity index (χ1) is 31.8. The van der Waals surface area contributed by atoms with E-state index in [0.29, 0.717) is 88.5 Å². The molecular formula is C50H52N10O6. The SMILES string of the molecule is C[C@@H]1COC(=O)c2ccc(Nc3cc4c([C@](C)(N)C5CC5C5CC5Oc5ncc([C@](C)(N)C6CC6)c6cc(Nc7ccc8c(n7)[C@@H](C)COC8=O)ncc56)cnc(OC5CC5)c4cn3)nc21. The average Bonchev–Trinajstić information content (AvgIpc) is 4.09. The number of cyclic esters (lactones) is 2. The Labute approximate surface area is 381 Å². The molecule has 16 nitrogen and oxygen atoms in total. The number of anilines is 4. The summed E-state index contributed by atoms with van der Waals surface area (Å²) in [5.74, 6) is 3.94. The van der Waals surface area contributed by atoms with Crippen LogP contribution in [-0.4, -0.2) is 67.3 Å². The van der Waals surface area contributed by atoms with Crippen LogP contribution in [0, 0.1) is 23.7 Å². The van der Waals surface area contributed by atoms with Crippen LogP contribution in [0.15, 0.2) is 61.2 Å². The van der Waals surface area contributed by atoms with Gasteiger partial charge in [0.2, 0.25) is 11.8 Å². The van der Waals surface area contributed by atoms with Crippen LogP contribution in [0.1, 0.15) is 121 Å². The molecule has 6 N–H and O–H groups in total. The van der Waals surface area contributed by atoms with Gasteiger partial charge in [-0.1, -0.05) is 13.8 Å². The number of aromatic nitrogens is 6. The second-order valence-electron chi connectivity index (χ2n) is 19.9. The van der Waals surface area contributed by atoms with Crippen molar-refractivity contribution in [1.82, 2.24) is 29.9 Å². The monoisotopic (exact) mass is 888 g/mol. The molecule has 4 fully saturated rings. The third-order valence-electron chi connectivity index (χ3n) is 14.7. The number of hydrogen-bond donors (Lipinski definition) is 4. The molecular weight excluding hydrogens is 837 g/mol. The first kappa shape index (κ1) is 40.9. The summed E-state index contributed by atoms with van der Waals surface area (Å²) >= 11 is 0. The minimum absolute atomic E-state index is 0.0158. The van der Waals surface area contributed by atoms with Crippen LogP contribution >= 0.6 is 0 Å². The minimum Gasteiger partial charge on any atom is -0.474 e. The van der Waals surface area contributed by atoms with Crippen molar-refractivity contribution in [3.8, 4) is 11.8 Å². The summed E-state index contributed by atoms with van der Waals surface area (Å²) in [4.78, 5) is 53.6. The smallest absolute Gasteiger partial charge is 0.340 e. The Bertz CT molecular complexity index is 3010. The van der Waals surface area contributed by atoms with E-state index < -0.39 is 11.1 Å². The van der Waals surface area contributed by atoms with E-state index in [1.165, 1.54) is 0 Å². The Morgan fingerprint density at radius 2 is 1.15 bits per heavy atom. The second kappa shape index (κ2) is 15.0. The van der Waals surface area contributed by atoms with Gasteiger partial charge in [0.25, 0.3) is 0 Å². The van der Waals surface area contributed by atoms with Gasteiger partial charge in [0.05, 0.1) is 46.5 Å². The summed E-state index contributed by atoms with van der Waals surface area (Å²) in [6.07, 6.45) is 13.5. The number of nitrogens with one attached hydrogen (secondary N) is 2. The van der Waals surface area contributed by atoms with Gasteiger partial charge in [-0.05, 0) is 128 Å². The Morgan fingerprint density at radius 1 is 0.621 bits per heavy atom. The van der Waals surface area contributed by atoms with Crippen LogP contribution in [0.3, 0.4) is 0 Å². The fraction of sp³-hybridized carbons (Fsp3) is 0.440. The molecule has 2 aliphatic heterocycles. The molecule has 6 aliphatic rings. The van der Waals surface area contributed by atoms with Crippen LogP contribution < -0.4 is 31.6 Å². The Balaban J connectivity index is 0.795. The van der Waals surface area contributed by atoms with Crippen molar-refractivity contribution < 1.29 is 28.5 Å². The summed E-state index contributed by atoms with van der Waals surface area (Å²) in [6, 6.07) is 11.1. The van der Waals surface area contributed by atoms with E-state index in [2.05, 4.69) is 24.5 Å². The standard InChI is InChI=1S/C50H52N10O6/c1-23-21-63-47(61)27-9-11-39(59-43(23)27)57-41-15-30-34(18-54-41)46(56-19-36(30)49(3,51)25-5-6-25)66-38-14-32(38)29-13-35(29)50(4,52)37-20-55-45(65-26-7-8-26)33-17-53-42(16-31(33)37)58-40-12-10-28-44(60-40)24(2)22-64-48(28)62/h9-12,15-20,23-26,29,32,35,38H,5-8,13-14,21-22,51-52H2,1-4H3,(H,53,58,60)(H,54,57,59)/t23-,24+,29?,32?,35?,38?,49+,50+/m0/s1. The zero-order valence-electron chi connectivity index (χ0n) is 37.3. The lowest BCUT2D eigenvalue weighted by Crippen LogP contribution is -2.37. The predicted octanol–water partition coefficient (Wildman–Crippen LogP) is 7.80. The molecule has 0 aromatic carbocycles. The van der Waals surface area contributed by atoms with Gasteiger partial charge in [-0.3, -0.25) is 0 Å². The maximum absolute atomic E-state index is 12.4. The van der Waals surface area contributed by atoms with E-state index in [1.807, 2.05) is 44.6 Å². The largest absolute Gasteiger partial charge is 0.474 e. The highest BCUT2D eigenvalue weighted by Crippen LogP contribution is 2.61.